The minimum Gasteiger partial charge on any atom is -0.411 e. The Morgan fingerprint density at radius 2 is 2.27 bits per heavy atom. The van der Waals surface area contributed by atoms with E-state index in [1.807, 2.05) is 22.6 Å². The Kier molecular flexibility index (Phi) is 2.81. The first-order valence-corrected chi connectivity index (χ1v) is 3.94. The zero-order valence-electron chi connectivity index (χ0n) is 5.46. The molecule has 0 heterocycles. The van der Waals surface area contributed by atoms with E-state index in [1.165, 1.54) is 12.3 Å². The van der Waals surface area contributed by atoms with Gasteiger partial charge in [0.1, 0.15) is 5.82 Å². The second kappa shape index (κ2) is 3.66. The summed E-state index contributed by atoms with van der Waals surface area (Å²) in [6.07, 6.45) is 1.18. The van der Waals surface area contributed by atoms with Gasteiger partial charge in [0.05, 0.1) is 6.21 Å². The fraction of sp³-hybridized carbons (Fsp3) is 0. The monoisotopic (exact) mass is 265 g/mol. The summed E-state index contributed by atoms with van der Waals surface area (Å²) >= 11 is 1.89. The molecular formula is C7H5FINO. The lowest BCUT2D eigenvalue weighted by Crippen LogP contribution is -1.86. The van der Waals surface area contributed by atoms with E-state index in [2.05, 4.69) is 5.16 Å². The van der Waals surface area contributed by atoms with Gasteiger partial charge >= 0.3 is 0 Å². The van der Waals surface area contributed by atoms with Gasteiger partial charge in [-0.25, -0.2) is 4.39 Å². The van der Waals surface area contributed by atoms with Gasteiger partial charge in [-0.15, -0.1) is 0 Å². The first kappa shape index (κ1) is 8.45. The Morgan fingerprint density at radius 1 is 1.55 bits per heavy atom. The van der Waals surface area contributed by atoms with Crippen molar-refractivity contribution in [1.29, 1.82) is 0 Å². The van der Waals surface area contributed by atoms with Gasteiger partial charge in [0.2, 0.25) is 0 Å². The van der Waals surface area contributed by atoms with Crippen LogP contribution in [0.1, 0.15) is 5.56 Å². The van der Waals surface area contributed by atoms with Crippen molar-refractivity contribution in [2.75, 3.05) is 0 Å². The number of oxime groups is 1. The SMILES string of the molecule is O/N=C\c1ccc(I)c(F)c1. The molecule has 0 unspecified atom stereocenters. The molecule has 1 N–H and O–H groups in total. The van der Waals surface area contributed by atoms with Crippen molar-refractivity contribution in [3.05, 3.63) is 33.1 Å². The Hall–Kier alpha value is -0.650. The lowest BCUT2D eigenvalue weighted by Gasteiger charge is -1.94. The summed E-state index contributed by atoms with van der Waals surface area (Å²) < 4.78 is 13.3. The average Bonchev–Trinajstić information content (AvgIpc) is 1.98. The number of rotatable bonds is 1. The zero-order valence-corrected chi connectivity index (χ0v) is 7.62. The molecule has 0 spiro atoms. The van der Waals surface area contributed by atoms with Crippen LogP contribution >= 0.6 is 22.6 Å². The Balaban J connectivity index is 3.05. The van der Waals surface area contributed by atoms with Crippen LogP contribution in [0.5, 0.6) is 0 Å². The standard InChI is InChI=1S/C7H5FINO/c8-6-3-5(4-10-11)1-2-7(6)9/h1-4,11H/b10-4-. The molecule has 0 saturated carbocycles. The van der Waals surface area contributed by atoms with E-state index in [-0.39, 0.29) is 5.82 Å². The maximum Gasteiger partial charge on any atom is 0.137 e. The molecule has 0 aromatic heterocycles. The highest BCUT2D eigenvalue weighted by Crippen LogP contribution is 2.11. The third kappa shape index (κ3) is 2.14. The van der Waals surface area contributed by atoms with E-state index in [0.29, 0.717) is 9.13 Å². The van der Waals surface area contributed by atoms with Crippen LogP contribution in [0.4, 0.5) is 4.39 Å². The molecule has 0 saturated heterocycles. The number of hydrogen-bond acceptors (Lipinski definition) is 2. The van der Waals surface area contributed by atoms with Crippen LogP contribution in [-0.2, 0) is 0 Å². The van der Waals surface area contributed by atoms with Gasteiger partial charge < -0.3 is 5.21 Å². The summed E-state index contributed by atoms with van der Waals surface area (Å²) in [5.41, 5.74) is 0.547. The fourth-order valence-corrected chi connectivity index (χ4v) is 0.995. The van der Waals surface area contributed by atoms with E-state index in [0.717, 1.165) is 0 Å². The molecule has 58 valence electrons. The van der Waals surface area contributed by atoms with Crippen LogP contribution < -0.4 is 0 Å². The largest absolute Gasteiger partial charge is 0.411 e. The molecule has 1 aromatic carbocycles. The molecule has 0 bridgehead atoms. The van der Waals surface area contributed by atoms with Crippen LogP contribution in [0, 0.1) is 9.39 Å². The highest BCUT2D eigenvalue weighted by atomic mass is 127. The minimum atomic E-state index is -0.303. The van der Waals surface area contributed by atoms with E-state index < -0.39 is 0 Å². The molecule has 1 rings (SSSR count). The number of halogens is 2. The quantitative estimate of drug-likeness (QED) is 0.359. The lowest BCUT2D eigenvalue weighted by molar-refractivity contribution is 0.322. The molecule has 0 aliphatic rings. The Labute approximate surface area is 76.9 Å². The van der Waals surface area contributed by atoms with Gasteiger partial charge in [-0.05, 0) is 40.3 Å². The first-order chi connectivity index (χ1) is 5.24. The van der Waals surface area contributed by atoms with Crippen molar-refractivity contribution in [3.63, 3.8) is 0 Å². The highest BCUT2D eigenvalue weighted by molar-refractivity contribution is 14.1. The van der Waals surface area contributed by atoms with E-state index in [4.69, 9.17) is 5.21 Å². The summed E-state index contributed by atoms with van der Waals surface area (Å²) in [6, 6.07) is 4.60. The molecule has 0 fully saturated rings. The number of benzene rings is 1. The molecule has 0 amide bonds. The Bertz CT molecular complexity index is 288. The maximum atomic E-state index is 12.8. The van der Waals surface area contributed by atoms with Gasteiger partial charge in [0, 0.05) is 3.57 Å². The summed E-state index contributed by atoms with van der Waals surface area (Å²) in [5.74, 6) is -0.303. The van der Waals surface area contributed by atoms with Crippen LogP contribution in [-0.4, -0.2) is 11.4 Å². The number of hydrogen-bond donors (Lipinski definition) is 1. The van der Waals surface area contributed by atoms with Gasteiger partial charge in [0.25, 0.3) is 0 Å². The highest BCUT2D eigenvalue weighted by Gasteiger charge is 1.97. The molecule has 0 aliphatic carbocycles. The molecule has 11 heavy (non-hydrogen) atoms. The predicted molar refractivity (Wildman–Crippen MR) is 48.5 cm³/mol. The molecule has 4 heteroatoms. The van der Waals surface area contributed by atoms with Crippen molar-refractivity contribution in [1.82, 2.24) is 0 Å². The molecular weight excluding hydrogens is 260 g/mol. The van der Waals surface area contributed by atoms with Crippen molar-refractivity contribution in [2.24, 2.45) is 5.16 Å². The van der Waals surface area contributed by atoms with Gasteiger partial charge in [-0.1, -0.05) is 11.2 Å². The summed E-state index contributed by atoms with van der Waals surface area (Å²) in [7, 11) is 0. The molecule has 2 nitrogen and oxygen atoms in total. The molecule has 0 aliphatic heterocycles. The minimum absolute atomic E-state index is 0.303. The summed E-state index contributed by atoms with van der Waals surface area (Å²) in [4.78, 5) is 0. The smallest absolute Gasteiger partial charge is 0.137 e. The van der Waals surface area contributed by atoms with Gasteiger partial charge in [-0.3, -0.25) is 0 Å². The van der Waals surface area contributed by atoms with E-state index in [9.17, 15) is 4.39 Å². The maximum absolute atomic E-state index is 12.8. The normalized spacial score (nSPS) is 10.7. The molecule has 1 aromatic rings. The van der Waals surface area contributed by atoms with Crippen molar-refractivity contribution >= 4 is 28.8 Å². The Morgan fingerprint density at radius 3 is 2.82 bits per heavy atom. The van der Waals surface area contributed by atoms with Crippen molar-refractivity contribution in [3.8, 4) is 0 Å². The van der Waals surface area contributed by atoms with Gasteiger partial charge in [0.15, 0.2) is 0 Å². The molecule has 0 atom stereocenters. The summed E-state index contributed by atoms with van der Waals surface area (Å²) in [5, 5.41) is 10.9. The van der Waals surface area contributed by atoms with Crippen molar-refractivity contribution in [2.45, 2.75) is 0 Å². The van der Waals surface area contributed by atoms with Crippen LogP contribution in [0.2, 0.25) is 0 Å². The van der Waals surface area contributed by atoms with Crippen LogP contribution in [0.25, 0.3) is 0 Å². The molecule has 0 radical (unpaired) electrons. The van der Waals surface area contributed by atoms with Crippen LogP contribution in [0.3, 0.4) is 0 Å². The van der Waals surface area contributed by atoms with Crippen LogP contribution in [0.15, 0.2) is 23.4 Å². The van der Waals surface area contributed by atoms with E-state index in [1.54, 1.807) is 12.1 Å². The third-order valence-electron chi connectivity index (χ3n) is 1.15. The fourth-order valence-electron chi connectivity index (χ4n) is 0.659. The lowest BCUT2D eigenvalue weighted by atomic mass is 10.2. The first-order valence-electron chi connectivity index (χ1n) is 2.86. The summed E-state index contributed by atoms with van der Waals surface area (Å²) in [6.45, 7) is 0. The predicted octanol–water partition coefficient (Wildman–Crippen LogP) is 2.24. The third-order valence-corrected chi connectivity index (χ3v) is 2.03. The average molecular weight is 265 g/mol. The van der Waals surface area contributed by atoms with Gasteiger partial charge in [-0.2, -0.15) is 0 Å². The number of nitrogens with zero attached hydrogens (tertiary/aromatic N) is 1. The second-order valence-electron chi connectivity index (χ2n) is 1.92. The topological polar surface area (TPSA) is 32.6 Å². The second-order valence-corrected chi connectivity index (χ2v) is 3.08. The van der Waals surface area contributed by atoms with Crippen molar-refractivity contribution < 1.29 is 9.60 Å². The zero-order chi connectivity index (χ0) is 8.27. The van der Waals surface area contributed by atoms with E-state index >= 15 is 0 Å².